The van der Waals surface area contributed by atoms with E-state index in [0.29, 0.717) is 18.2 Å². The molecule has 0 fully saturated rings. The van der Waals surface area contributed by atoms with Gasteiger partial charge in [0.2, 0.25) is 0 Å². The molecule has 0 aliphatic heterocycles. The van der Waals surface area contributed by atoms with Gasteiger partial charge in [-0.05, 0) is 36.8 Å². The van der Waals surface area contributed by atoms with Gasteiger partial charge in [-0.3, -0.25) is 0 Å². The lowest BCUT2D eigenvalue weighted by Gasteiger charge is -2.04. The van der Waals surface area contributed by atoms with Crippen LogP contribution >= 0.6 is 11.5 Å². The van der Waals surface area contributed by atoms with E-state index in [1.54, 1.807) is 7.11 Å². The fourth-order valence-corrected chi connectivity index (χ4v) is 2.49. The minimum Gasteiger partial charge on any atom is -0.430 e. The predicted octanol–water partition coefficient (Wildman–Crippen LogP) is 3.01. The molecule has 0 spiro atoms. The van der Waals surface area contributed by atoms with Crippen molar-refractivity contribution in [2.75, 3.05) is 13.7 Å². The summed E-state index contributed by atoms with van der Waals surface area (Å²) >= 11 is 1.24. The maximum atomic E-state index is 5.71. The van der Waals surface area contributed by atoms with Crippen LogP contribution in [0.1, 0.15) is 11.4 Å². The number of hydrogen-bond donors (Lipinski definition) is 0. The first-order valence-electron chi connectivity index (χ1n) is 6.85. The van der Waals surface area contributed by atoms with Gasteiger partial charge in [-0.15, -0.1) is 0 Å². The second kappa shape index (κ2) is 6.67. The predicted molar refractivity (Wildman–Crippen MR) is 83.9 cm³/mol. The molecule has 3 rings (SSSR count). The number of aryl methyl sites for hydroxylation is 1. The highest BCUT2D eigenvalue weighted by atomic mass is 32.1. The SMILES string of the molecule is COCCc1nsc(Oc2ccc(-n3cc(C)cn3)cc2)n1. The van der Waals surface area contributed by atoms with Crippen molar-refractivity contribution in [1.82, 2.24) is 19.1 Å². The lowest BCUT2D eigenvalue weighted by Crippen LogP contribution is -1.96. The Labute approximate surface area is 132 Å². The standard InChI is InChI=1S/C15H16N4O2S/c1-11-9-16-19(10-11)12-3-5-13(6-4-12)21-15-17-14(18-22-15)7-8-20-2/h3-6,9-10H,7-8H2,1-2H3. The molecule has 22 heavy (non-hydrogen) atoms. The number of rotatable bonds is 6. The minimum absolute atomic E-state index is 0.536. The summed E-state index contributed by atoms with van der Waals surface area (Å²) in [5.74, 6) is 1.47. The van der Waals surface area contributed by atoms with Crippen molar-refractivity contribution in [3.63, 3.8) is 0 Å². The fraction of sp³-hybridized carbons (Fsp3) is 0.267. The number of benzene rings is 1. The Morgan fingerprint density at radius 2 is 2.05 bits per heavy atom. The molecule has 0 saturated heterocycles. The van der Waals surface area contributed by atoms with Gasteiger partial charge in [-0.25, -0.2) is 4.68 Å². The summed E-state index contributed by atoms with van der Waals surface area (Å²) < 4.78 is 16.8. The zero-order chi connectivity index (χ0) is 15.4. The first kappa shape index (κ1) is 14.7. The molecule has 2 aromatic heterocycles. The van der Waals surface area contributed by atoms with Gasteiger partial charge in [0.15, 0.2) is 0 Å². The van der Waals surface area contributed by atoms with E-state index in [2.05, 4.69) is 14.5 Å². The van der Waals surface area contributed by atoms with Gasteiger partial charge in [0.25, 0.3) is 5.19 Å². The summed E-state index contributed by atoms with van der Waals surface area (Å²) in [6.45, 7) is 2.62. The maximum absolute atomic E-state index is 5.71. The van der Waals surface area contributed by atoms with Crippen LogP contribution in [0.3, 0.4) is 0 Å². The van der Waals surface area contributed by atoms with E-state index in [4.69, 9.17) is 9.47 Å². The van der Waals surface area contributed by atoms with Crippen LogP contribution in [-0.2, 0) is 11.2 Å². The van der Waals surface area contributed by atoms with Gasteiger partial charge in [0.1, 0.15) is 11.6 Å². The third-order valence-corrected chi connectivity index (χ3v) is 3.63. The molecule has 0 unspecified atom stereocenters. The number of hydrogen-bond acceptors (Lipinski definition) is 6. The van der Waals surface area contributed by atoms with E-state index in [1.165, 1.54) is 11.5 Å². The van der Waals surface area contributed by atoms with Crippen LogP contribution in [-0.4, -0.2) is 32.9 Å². The van der Waals surface area contributed by atoms with E-state index in [9.17, 15) is 0 Å². The van der Waals surface area contributed by atoms with Gasteiger partial charge < -0.3 is 9.47 Å². The largest absolute Gasteiger partial charge is 0.430 e. The van der Waals surface area contributed by atoms with Gasteiger partial charge in [0, 0.05) is 31.3 Å². The van der Waals surface area contributed by atoms with E-state index >= 15 is 0 Å². The Hall–Kier alpha value is -2.25. The normalized spacial score (nSPS) is 10.8. The molecular formula is C15H16N4O2S. The van der Waals surface area contributed by atoms with Crippen molar-refractivity contribution in [3.8, 4) is 16.6 Å². The summed E-state index contributed by atoms with van der Waals surface area (Å²) in [7, 11) is 1.66. The Kier molecular flexibility index (Phi) is 4.45. The Bertz CT molecular complexity index is 736. The van der Waals surface area contributed by atoms with Gasteiger partial charge in [-0.2, -0.15) is 14.5 Å². The average Bonchev–Trinajstić information content (AvgIpc) is 3.15. The quantitative estimate of drug-likeness (QED) is 0.699. The van der Waals surface area contributed by atoms with Crippen molar-refractivity contribution >= 4 is 11.5 Å². The Balaban J connectivity index is 1.67. The summed E-state index contributed by atoms with van der Waals surface area (Å²) in [6, 6.07) is 7.69. The van der Waals surface area contributed by atoms with E-state index in [-0.39, 0.29) is 0 Å². The monoisotopic (exact) mass is 316 g/mol. The molecule has 0 bridgehead atoms. The highest BCUT2D eigenvalue weighted by Gasteiger charge is 2.06. The van der Waals surface area contributed by atoms with Crippen LogP contribution < -0.4 is 4.74 Å². The van der Waals surface area contributed by atoms with Crippen LogP contribution in [0.5, 0.6) is 10.9 Å². The van der Waals surface area contributed by atoms with Crippen molar-refractivity contribution < 1.29 is 9.47 Å². The second-order valence-electron chi connectivity index (χ2n) is 4.78. The van der Waals surface area contributed by atoms with Gasteiger partial charge in [0.05, 0.1) is 18.5 Å². The van der Waals surface area contributed by atoms with E-state index < -0.39 is 0 Å². The molecule has 0 atom stereocenters. The molecule has 6 nitrogen and oxygen atoms in total. The molecule has 0 radical (unpaired) electrons. The van der Waals surface area contributed by atoms with Crippen LogP contribution in [0.4, 0.5) is 0 Å². The summed E-state index contributed by atoms with van der Waals surface area (Å²) in [6.07, 6.45) is 4.49. The van der Waals surface area contributed by atoms with Gasteiger partial charge >= 0.3 is 0 Å². The Morgan fingerprint density at radius 3 is 2.73 bits per heavy atom. The van der Waals surface area contributed by atoms with E-state index in [1.807, 2.05) is 48.3 Å². The van der Waals surface area contributed by atoms with Crippen molar-refractivity contribution in [1.29, 1.82) is 0 Å². The zero-order valence-corrected chi connectivity index (χ0v) is 13.2. The van der Waals surface area contributed by atoms with Crippen molar-refractivity contribution in [3.05, 3.63) is 48.0 Å². The molecule has 0 N–H and O–H groups in total. The molecule has 7 heteroatoms. The minimum atomic E-state index is 0.536. The third kappa shape index (κ3) is 3.49. The number of aromatic nitrogens is 4. The highest BCUT2D eigenvalue weighted by molar-refractivity contribution is 7.07. The molecule has 0 amide bonds. The van der Waals surface area contributed by atoms with Crippen LogP contribution in [0.15, 0.2) is 36.7 Å². The third-order valence-electron chi connectivity index (χ3n) is 3.00. The summed E-state index contributed by atoms with van der Waals surface area (Å²) in [5, 5.41) is 4.81. The first-order chi connectivity index (χ1) is 10.7. The smallest absolute Gasteiger partial charge is 0.298 e. The molecule has 0 aliphatic rings. The van der Waals surface area contributed by atoms with Gasteiger partial charge in [-0.1, -0.05) is 0 Å². The Morgan fingerprint density at radius 1 is 1.23 bits per heavy atom. The summed E-state index contributed by atoms with van der Waals surface area (Å²) in [5.41, 5.74) is 2.11. The average molecular weight is 316 g/mol. The molecule has 3 aromatic rings. The number of methoxy groups -OCH3 is 1. The molecule has 1 aromatic carbocycles. The number of ether oxygens (including phenoxy) is 2. The number of nitrogens with zero attached hydrogens (tertiary/aromatic N) is 4. The van der Waals surface area contributed by atoms with Crippen molar-refractivity contribution in [2.24, 2.45) is 0 Å². The second-order valence-corrected chi connectivity index (χ2v) is 5.49. The highest BCUT2D eigenvalue weighted by Crippen LogP contribution is 2.24. The molecule has 2 heterocycles. The lowest BCUT2D eigenvalue weighted by atomic mass is 10.3. The molecule has 0 aliphatic carbocycles. The maximum Gasteiger partial charge on any atom is 0.298 e. The van der Waals surface area contributed by atoms with Crippen LogP contribution in [0.2, 0.25) is 0 Å². The first-order valence-corrected chi connectivity index (χ1v) is 7.63. The van der Waals surface area contributed by atoms with Crippen LogP contribution in [0.25, 0.3) is 5.69 Å². The van der Waals surface area contributed by atoms with E-state index in [0.717, 1.165) is 22.8 Å². The summed E-state index contributed by atoms with van der Waals surface area (Å²) in [4.78, 5) is 4.31. The molecule has 114 valence electrons. The van der Waals surface area contributed by atoms with Crippen molar-refractivity contribution in [2.45, 2.75) is 13.3 Å². The van der Waals surface area contributed by atoms with Crippen LogP contribution in [0, 0.1) is 6.92 Å². The zero-order valence-electron chi connectivity index (χ0n) is 12.4. The fourth-order valence-electron chi connectivity index (χ4n) is 1.90. The topological polar surface area (TPSA) is 62.1 Å². The molecule has 0 saturated carbocycles. The molecular weight excluding hydrogens is 300 g/mol. The lowest BCUT2D eigenvalue weighted by molar-refractivity contribution is 0.200.